The fraction of sp³-hybridized carbons (Fsp3) is 0.375. The predicted octanol–water partition coefficient (Wildman–Crippen LogP) is 2.53. The third kappa shape index (κ3) is 3.64. The quantitative estimate of drug-likeness (QED) is 0.842. The molecule has 8 heteroatoms. The number of carbonyl (C=O) groups is 1. The largest absolute Gasteiger partial charge is 0.307 e. The summed E-state index contributed by atoms with van der Waals surface area (Å²) in [6, 6.07) is 8.87. The third-order valence-electron chi connectivity index (χ3n) is 4.01. The Hall–Kier alpha value is -1.80. The van der Waals surface area contributed by atoms with E-state index in [2.05, 4.69) is 10.4 Å². The van der Waals surface area contributed by atoms with Crippen molar-refractivity contribution in [1.82, 2.24) is 9.78 Å². The molecule has 0 radical (unpaired) electrons. The van der Waals surface area contributed by atoms with E-state index in [0.717, 1.165) is 10.6 Å². The van der Waals surface area contributed by atoms with Gasteiger partial charge < -0.3 is 5.32 Å². The molecule has 3 rings (SSSR count). The van der Waals surface area contributed by atoms with Gasteiger partial charge in [0, 0.05) is 16.5 Å². The smallest absolute Gasteiger partial charge is 0.256 e. The summed E-state index contributed by atoms with van der Waals surface area (Å²) in [5.41, 5.74) is 1.30. The molecule has 0 saturated carbocycles. The topological polar surface area (TPSA) is 81.1 Å². The first-order valence-corrected chi connectivity index (χ1v) is 10.6. The van der Waals surface area contributed by atoms with Gasteiger partial charge in [0.15, 0.2) is 9.84 Å². The van der Waals surface area contributed by atoms with Crippen molar-refractivity contribution >= 4 is 33.3 Å². The Morgan fingerprint density at radius 3 is 2.62 bits per heavy atom. The fourth-order valence-corrected chi connectivity index (χ4v) is 4.89. The molecule has 1 aromatic heterocycles. The van der Waals surface area contributed by atoms with E-state index < -0.39 is 9.84 Å². The van der Waals surface area contributed by atoms with Crippen LogP contribution in [0.25, 0.3) is 0 Å². The van der Waals surface area contributed by atoms with E-state index in [0.29, 0.717) is 17.8 Å². The zero-order valence-corrected chi connectivity index (χ0v) is 15.2. The zero-order chi connectivity index (χ0) is 17.3. The van der Waals surface area contributed by atoms with Crippen molar-refractivity contribution in [3.8, 4) is 0 Å². The van der Waals surface area contributed by atoms with E-state index in [-0.39, 0.29) is 23.5 Å². The Kier molecular flexibility index (Phi) is 4.69. The molecule has 1 aliphatic rings. The van der Waals surface area contributed by atoms with Crippen LogP contribution in [0.3, 0.4) is 0 Å². The Bertz CT molecular complexity index is 857. The van der Waals surface area contributed by atoms with Gasteiger partial charge in [-0.05, 0) is 43.9 Å². The van der Waals surface area contributed by atoms with Gasteiger partial charge in [0.2, 0.25) is 0 Å². The van der Waals surface area contributed by atoms with Gasteiger partial charge >= 0.3 is 0 Å². The van der Waals surface area contributed by atoms with Crippen LogP contribution < -0.4 is 5.32 Å². The summed E-state index contributed by atoms with van der Waals surface area (Å²) in [5, 5.41) is 7.22. The fourth-order valence-electron chi connectivity index (χ4n) is 2.79. The van der Waals surface area contributed by atoms with Crippen molar-refractivity contribution in [2.75, 3.05) is 23.1 Å². The highest BCUT2D eigenvalue weighted by Gasteiger charge is 2.31. The first-order valence-electron chi connectivity index (χ1n) is 7.60. The summed E-state index contributed by atoms with van der Waals surface area (Å²) in [7, 11) is -3.02. The van der Waals surface area contributed by atoms with Crippen molar-refractivity contribution in [2.24, 2.45) is 0 Å². The number of nitrogens with zero attached hydrogens (tertiary/aromatic N) is 2. The summed E-state index contributed by atoms with van der Waals surface area (Å²) in [6.07, 6.45) is 2.50. The summed E-state index contributed by atoms with van der Waals surface area (Å²) in [4.78, 5) is 13.5. The molecule has 128 valence electrons. The van der Waals surface area contributed by atoms with Crippen LogP contribution in [0.5, 0.6) is 0 Å². The molecule has 24 heavy (non-hydrogen) atoms. The van der Waals surface area contributed by atoms with Gasteiger partial charge in [-0.3, -0.25) is 4.79 Å². The summed E-state index contributed by atoms with van der Waals surface area (Å²) >= 11 is 1.61. The normalized spacial score (nSPS) is 19.3. The molecule has 0 bridgehead atoms. The van der Waals surface area contributed by atoms with E-state index in [1.54, 1.807) is 34.6 Å². The summed E-state index contributed by atoms with van der Waals surface area (Å²) in [6.45, 7) is 1.82. The van der Waals surface area contributed by atoms with Crippen LogP contribution in [-0.2, 0) is 9.84 Å². The number of sulfone groups is 1. The molecule has 1 aliphatic heterocycles. The SMILES string of the molecule is CSc1ccc(C(=O)Nc2cc(C)nn2C2CCS(=O)(=O)C2)cc1. The van der Waals surface area contributed by atoms with Crippen LogP contribution in [0, 0.1) is 6.92 Å². The molecule has 1 atom stereocenters. The lowest BCUT2D eigenvalue weighted by atomic mass is 10.2. The van der Waals surface area contributed by atoms with Gasteiger partial charge in [-0.2, -0.15) is 5.10 Å². The lowest BCUT2D eigenvalue weighted by Crippen LogP contribution is -2.19. The summed E-state index contributed by atoms with van der Waals surface area (Å²) in [5.74, 6) is 0.540. The second-order valence-corrected chi connectivity index (χ2v) is 8.96. The van der Waals surface area contributed by atoms with E-state index >= 15 is 0 Å². The number of aromatic nitrogens is 2. The number of hydrogen-bond donors (Lipinski definition) is 1. The van der Waals surface area contributed by atoms with Crippen molar-refractivity contribution in [2.45, 2.75) is 24.3 Å². The average molecular weight is 365 g/mol. The summed E-state index contributed by atoms with van der Waals surface area (Å²) < 4.78 is 25.0. The Morgan fingerprint density at radius 2 is 2.04 bits per heavy atom. The van der Waals surface area contributed by atoms with Gasteiger partial charge in [0.1, 0.15) is 5.82 Å². The number of benzene rings is 1. The van der Waals surface area contributed by atoms with Crippen LogP contribution in [0.15, 0.2) is 35.2 Å². The highest BCUT2D eigenvalue weighted by atomic mass is 32.2. The number of rotatable bonds is 4. The molecule has 1 saturated heterocycles. The third-order valence-corrected chi connectivity index (χ3v) is 6.50. The van der Waals surface area contributed by atoms with E-state index in [1.807, 2.05) is 25.3 Å². The molecule has 6 nitrogen and oxygen atoms in total. The number of amides is 1. The second-order valence-electron chi connectivity index (χ2n) is 5.86. The maximum absolute atomic E-state index is 12.4. The van der Waals surface area contributed by atoms with Crippen molar-refractivity contribution < 1.29 is 13.2 Å². The molecule has 0 spiro atoms. The van der Waals surface area contributed by atoms with Gasteiger partial charge in [-0.1, -0.05) is 0 Å². The van der Waals surface area contributed by atoms with E-state index in [9.17, 15) is 13.2 Å². The Labute approximate surface area is 145 Å². The standard InChI is InChI=1S/C16H19N3O3S2/c1-11-9-15(19(18-11)13-7-8-24(21,22)10-13)17-16(20)12-3-5-14(23-2)6-4-12/h3-6,9,13H,7-8,10H2,1-2H3,(H,17,20). The minimum Gasteiger partial charge on any atom is -0.307 e. The molecular formula is C16H19N3O3S2. The maximum Gasteiger partial charge on any atom is 0.256 e. The van der Waals surface area contributed by atoms with Gasteiger partial charge in [0.25, 0.3) is 5.91 Å². The Morgan fingerprint density at radius 1 is 1.33 bits per heavy atom. The van der Waals surface area contributed by atoms with Crippen LogP contribution in [-0.4, -0.2) is 41.9 Å². The lowest BCUT2D eigenvalue weighted by molar-refractivity contribution is 0.102. The number of anilines is 1. The molecule has 2 aromatic rings. The number of hydrogen-bond acceptors (Lipinski definition) is 5. The van der Waals surface area contributed by atoms with E-state index in [1.165, 1.54) is 0 Å². The second kappa shape index (κ2) is 6.60. The maximum atomic E-state index is 12.4. The molecular weight excluding hydrogens is 346 g/mol. The lowest BCUT2D eigenvalue weighted by Gasteiger charge is -2.14. The van der Waals surface area contributed by atoms with Gasteiger partial charge in [-0.15, -0.1) is 11.8 Å². The highest BCUT2D eigenvalue weighted by molar-refractivity contribution is 7.98. The van der Waals surface area contributed by atoms with Gasteiger partial charge in [0.05, 0.1) is 23.2 Å². The molecule has 1 N–H and O–H groups in total. The zero-order valence-electron chi connectivity index (χ0n) is 13.5. The number of carbonyl (C=O) groups excluding carboxylic acids is 1. The van der Waals surface area contributed by atoms with Crippen LogP contribution in [0.1, 0.15) is 28.5 Å². The van der Waals surface area contributed by atoms with E-state index in [4.69, 9.17) is 0 Å². The van der Waals surface area contributed by atoms with Crippen LogP contribution in [0.2, 0.25) is 0 Å². The molecule has 1 unspecified atom stereocenters. The van der Waals surface area contributed by atoms with Crippen LogP contribution in [0.4, 0.5) is 5.82 Å². The van der Waals surface area contributed by atoms with Crippen molar-refractivity contribution in [3.05, 3.63) is 41.6 Å². The molecule has 1 fully saturated rings. The molecule has 1 aromatic carbocycles. The monoisotopic (exact) mass is 365 g/mol. The molecule has 0 aliphatic carbocycles. The highest BCUT2D eigenvalue weighted by Crippen LogP contribution is 2.27. The molecule has 1 amide bonds. The minimum absolute atomic E-state index is 0.0689. The number of aryl methyl sites for hydroxylation is 1. The average Bonchev–Trinajstić information content (AvgIpc) is 3.09. The van der Waals surface area contributed by atoms with Crippen molar-refractivity contribution in [3.63, 3.8) is 0 Å². The van der Waals surface area contributed by atoms with Crippen molar-refractivity contribution in [1.29, 1.82) is 0 Å². The predicted molar refractivity (Wildman–Crippen MR) is 95.4 cm³/mol. The van der Waals surface area contributed by atoms with Gasteiger partial charge in [-0.25, -0.2) is 13.1 Å². The molecule has 2 heterocycles. The minimum atomic E-state index is -3.02. The number of nitrogens with one attached hydrogen (secondary N) is 1. The van der Waals surface area contributed by atoms with Crippen LogP contribution >= 0.6 is 11.8 Å². The number of thioether (sulfide) groups is 1. The first-order chi connectivity index (χ1) is 11.4. The Balaban J connectivity index is 1.81. The first kappa shape index (κ1) is 17.0.